The third-order valence-electron chi connectivity index (χ3n) is 2.45. The first-order valence-electron chi connectivity index (χ1n) is 6.31. The molecule has 1 rings (SSSR count). The van der Waals surface area contributed by atoms with Crippen molar-refractivity contribution >= 4 is 23.7 Å². The van der Waals surface area contributed by atoms with Crippen LogP contribution in [0.4, 0.5) is 5.69 Å². The van der Waals surface area contributed by atoms with Gasteiger partial charge in [-0.15, -0.1) is 18.3 Å². The van der Waals surface area contributed by atoms with Gasteiger partial charge in [-0.2, -0.15) is 0 Å². The molecular weight excluding hydrogens is 242 g/mol. The number of benzene rings is 1. The zero-order valence-corrected chi connectivity index (χ0v) is 11.7. The summed E-state index contributed by atoms with van der Waals surface area (Å²) in [7, 11) is 0. The summed E-state index contributed by atoms with van der Waals surface area (Å²) >= 11 is 1.72. The molecule has 2 nitrogen and oxygen atoms in total. The number of aliphatic hydroxyl groups excluding tert-OH is 1. The molecule has 0 spiro atoms. The van der Waals surface area contributed by atoms with E-state index in [4.69, 9.17) is 0 Å². The maximum Gasteiger partial charge on any atom is 0.0761 e. The summed E-state index contributed by atoms with van der Waals surface area (Å²) in [6, 6.07) is 8.04. The van der Waals surface area contributed by atoms with Crippen molar-refractivity contribution in [1.29, 1.82) is 0 Å². The van der Waals surface area contributed by atoms with Gasteiger partial charge in [-0.25, -0.2) is 0 Å². The molecule has 0 aliphatic rings. The lowest BCUT2D eigenvalue weighted by molar-refractivity contribution is 0.172. The predicted octanol–water partition coefficient (Wildman–Crippen LogP) is 4.22. The fraction of sp³-hybridized carbons (Fsp3) is 0.400. The molecule has 1 unspecified atom stereocenters. The molecule has 0 fully saturated rings. The molecule has 1 atom stereocenters. The Labute approximate surface area is 114 Å². The quantitative estimate of drug-likeness (QED) is 0.433. The molecule has 0 aliphatic heterocycles. The fourth-order valence-corrected chi connectivity index (χ4v) is 2.30. The SMILES string of the molecule is C=CCSc1ccccc1/N=C\CC(O)CCC. The Bertz CT molecular complexity index is 390. The molecule has 0 bridgehead atoms. The lowest BCUT2D eigenvalue weighted by Gasteiger charge is -2.05. The largest absolute Gasteiger partial charge is 0.393 e. The summed E-state index contributed by atoms with van der Waals surface area (Å²) in [6.45, 7) is 5.79. The van der Waals surface area contributed by atoms with Crippen LogP contribution in [0, 0.1) is 0 Å². The van der Waals surface area contributed by atoms with E-state index in [0.717, 1.165) is 29.2 Å². The zero-order chi connectivity index (χ0) is 13.2. The summed E-state index contributed by atoms with van der Waals surface area (Å²) in [6.07, 6.45) is 5.88. The van der Waals surface area contributed by atoms with E-state index in [0.29, 0.717) is 6.42 Å². The van der Waals surface area contributed by atoms with Crippen LogP contribution < -0.4 is 0 Å². The van der Waals surface area contributed by atoms with Crippen molar-refractivity contribution in [2.24, 2.45) is 4.99 Å². The second kappa shape index (κ2) is 8.95. The maximum atomic E-state index is 9.63. The van der Waals surface area contributed by atoms with Gasteiger partial charge in [0.25, 0.3) is 0 Å². The first kappa shape index (κ1) is 15.0. The summed E-state index contributed by atoms with van der Waals surface area (Å²) in [5.74, 6) is 0.880. The number of nitrogens with zero attached hydrogens (tertiary/aromatic N) is 1. The van der Waals surface area contributed by atoms with Crippen LogP contribution in [0.3, 0.4) is 0 Å². The van der Waals surface area contributed by atoms with Gasteiger partial charge in [-0.3, -0.25) is 4.99 Å². The minimum atomic E-state index is -0.272. The Morgan fingerprint density at radius 1 is 1.44 bits per heavy atom. The van der Waals surface area contributed by atoms with Crippen LogP contribution in [-0.2, 0) is 0 Å². The maximum absolute atomic E-state index is 9.63. The zero-order valence-electron chi connectivity index (χ0n) is 10.9. The van der Waals surface area contributed by atoms with Gasteiger partial charge in [0, 0.05) is 23.3 Å². The fourth-order valence-electron chi connectivity index (χ4n) is 1.56. The molecule has 0 heterocycles. The third-order valence-corrected chi connectivity index (χ3v) is 3.51. The number of aliphatic imine (C=N–C) groups is 1. The number of thioether (sulfide) groups is 1. The standard InChI is InChI=1S/C15H21NOS/c1-3-7-13(17)10-11-16-14-8-5-6-9-15(14)18-12-4-2/h4-6,8-9,11,13,17H,2-3,7,10,12H2,1H3/b16-11-. The van der Waals surface area contributed by atoms with Crippen molar-refractivity contribution in [1.82, 2.24) is 0 Å². The van der Waals surface area contributed by atoms with E-state index in [1.54, 1.807) is 11.8 Å². The van der Waals surface area contributed by atoms with Gasteiger partial charge in [0.1, 0.15) is 0 Å². The Balaban J connectivity index is 2.59. The molecule has 0 radical (unpaired) electrons. The van der Waals surface area contributed by atoms with E-state index in [1.165, 1.54) is 0 Å². The van der Waals surface area contributed by atoms with Crippen LogP contribution in [0.5, 0.6) is 0 Å². The van der Waals surface area contributed by atoms with Crippen molar-refractivity contribution < 1.29 is 5.11 Å². The van der Waals surface area contributed by atoms with E-state index in [-0.39, 0.29) is 6.10 Å². The second-order valence-corrected chi connectivity index (χ2v) is 5.12. The molecule has 0 aromatic heterocycles. The number of para-hydroxylation sites is 1. The van der Waals surface area contributed by atoms with E-state index >= 15 is 0 Å². The van der Waals surface area contributed by atoms with Crippen LogP contribution in [0.25, 0.3) is 0 Å². The molecule has 1 aromatic rings. The Hall–Kier alpha value is -1.06. The van der Waals surface area contributed by atoms with Gasteiger partial charge in [-0.05, 0) is 18.6 Å². The molecule has 0 saturated carbocycles. The summed E-state index contributed by atoms with van der Waals surface area (Å²) in [5, 5.41) is 9.63. The van der Waals surface area contributed by atoms with Crippen molar-refractivity contribution in [2.75, 3.05) is 5.75 Å². The molecule has 18 heavy (non-hydrogen) atoms. The van der Waals surface area contributed by atoms with Gasteiger partial charge in [0.2, 0.25) is 0 Å². The molecule has 3 heteroatoms. The van der Waals surface area contributed by atoms with E-state index in [1.807, 2.05) is 30.5 Å². The Morgan fingerprint density at radius 2 is 2.22 bits per heavy atom. The molecule has 98 valence electrons. The average molecular weight is 263 g/mol. The Kier molecular flexibility index (Phi) is 7.46. The highest BCUT2D eigenvalue weighted by Gasteiger charge is 2.01. The summed E-state index contributed by atoms with van der Waals surface area (Å²) in [5.41, 5.74) is 0.966. The number of hydrogen-bond donors (Lipinski definition) is 1. The van der Waals surface area contributed by atoms with Crippen molar-refractivity contribution in [3.05, 3.63) is 36.9 Å². The van der Waals surface area contributed by atoms with E-state index in [9.17, 15) is 5.11 Å². The normalized spacial score (nSPS) is 12.8. The molecule has 0 saturated heterocycles. The minimum absolute atomic E-state index is 0.272. The van der Waals surface area contributed by atoms with Crippen LogP contribution >= 0.6 is 11.8 Å². The number of aliphatic hydroxyl groups is 1. The van der Waals surface area contributed by atoms with Crippen LogP contribution in [0.2, 0.25) is 0 Å². The highest BCUT2D eigenvalue weighted by Crippen LogP contribution is 2.29. The summed E-state index contributed by atoms with van der Waals surface area (Å²) in [4.78, 5) is 5.59. The van der Waals surface area contributed by atoms with Crippen LogP contribution in [-0.4, -0.2) is 23.2 Å². The third kappa shape index (κ3) is 5.52. The first-order chi connectivity index (χ1) is 8.77. The van der Waals surface area contributed by atoms with Crippen molar-refractivity contribution in [3.8, 4) is 0 Å². The van der Waals surface area contributed by atoms with Gasteiger partial charge in [-0.1, -0.05) is 31.6 Å². The average Bonchev–Trinajstić information content (AvgIpc) is 2.38. The smallest absolute Gasteiger partial charge is 0.0761 e. The van der Waals surface area contributed by atoms with Gasteiger partial charge in [0.05, 0.1) is 11.8 Å². The van der Waals surface area contributed by atoms with Crippen molar-refractivity contribution in [2.45, 2.75) is 37.2 Å². The molecule has 1 aromatic carbocycles. The first-order valence-corrected chi connectivity index (χ1v) is 7.29. The highest BCUT2D eigenvalue weighted by atomic mass is 32.2. The van der Waals surface area contributed by atoms with Gasteiger partial charge >= 0.3 is 0 Å². The lowest BCUT2D eigenvalue weighted by atomic mass is 10.1. The summed E-state index contributed by atoms with van der Waals surface area (Å²) < 4.78 is 0. The highest BCUT2D eigenvalue weighted by molar-refractivity contribution is 7.99. The number of hydrogen-bond acceptors (Lipinski definition) is 3. The number of rotatable bonds is 8. The molecule has 1 N–H and O–H groups in total. The predicted molar refractivity (Wildman–Crippen MR) is 81.0 cm³/mol. The molecular formula is C15H21NOS. The van der Waals surface area contributed by atoms with E-state index < -0.39 is 0 Å². The monoisotopic (exact) mass is 263 g/mol. The topological polar surface area (TPSA) is 32.6 Å². The van der Waals surface area contributed by atoms with Gasteiger partial charge < -0.3 is 5.11 Å². The lowest BCUT2D eigenvalue weighted by Crippen LogP contribution is -2.05. The van der Waals surface area contributed by atoms with Crippen molar-refractivity contribution in [3.63, 3.8) is 0 Å². The van der Waals surface area contributed by atoms with E-state index in [2.05, 4.69) is 24.6 Å². The van der Waals surface area contributed by atoms with Crippen LogP contribution in [0.15, 0.2) is 46.8 Å². The minimum Gasteiger partial charge on any atom is -0.393 e. The van der Waals surface area contributed by atoms with Crippen LogP contribution in [0.1, 0.15) is 26.2 Å². The second-order valence-electron chi connectivity index (χ2n) is 4.06. The van der Waals surface area contributed by atoms with Gasteiger partial charge in [0.15, 0.2) is 0 Å². The molecule has 0 aliphatic carbocycles. The molecule has 0 amide bonds. The Morgan fingerprint density at radius 3 is 2.94 bits per heavy atom.